The van der Waals surface area contributed by atoms with E-state index in [1.165, 1.54) is 18.2 Å². The van der Waals surface area contributed by atoms with Crippen molar-refractivity contribution in [2.45, 2.75) is 13.5 Å². The van der Waals surface area contributed by atoms with Crippen LogP contribution in [0.25, 0.3) is 6.08 Å². The molecule has 166 valence electrons. The number of nitro groups is 1. The lowest BCUT2D eigenvalue weighted by molar-refractivity contribution is -0.384. The van der Waals surface area contributed by atoms with Gasteiger partial charge < -0.3 is 14.8 Å². The van der Waals surface area contributed by atoms with Gasteiger partial charge in [0.1, 0.15) is 29.7 Å². The third kappa shape index (κ3) is 6.42. The Hall–Kier alpha value is -4.64. The van der Waals surface area contributed by atoms with Crippen LogP contribution in [0, 0.1) is 21.4 Å². The molecule has 1 amide bonds. The van der Waals surface area contributed by atoms with E-state index < -0.39 is 10.8 Å². The summed E-state index contributed by atoms with van der Waals surface area (Å²) in [5.41, 5.74) is 1.55. The highest BCUT2D eigenvalue weighted by atomic mass is 16.6. The van der Waals surface area contributed by atoms with Crippen LogP contribution in [0.4, 0.5) is 11.4 Å². The van der Waals surface area contributed by atoms with E-state index in [-0.39, 0.29) is 17.9 Å². The number of nitro benzene ring substituents is 1. The second-order valence-electron chi connectivity index (χ2n) is 6.83. The number of hydrogen-bond donors (Lipinski definition) is 1. The second-order valence-corrected chi connectivity index (χ2v) is 6.83. The SMILES string of the molecule is CCOc1ccc(NC(=O)/C(C#N)=C/c2ccccc2OCc2cccc([N+](=O)[O-])c2)cc1. The van der Waals surface area contributed by atoms with Crippen LogP contribution in [-0.4, -0.2) is 17.4 Å². The van der Waals surface area contributed by atoms with Crippen LogP contribution >= 0.6 is 0 Å². The van der Waals surface area contributed by atoms with Gasteiger partial charge >= 0.3 is 0 Å². The van der Waals surface area contributed by atoms with Crippen LogP contribution in [0.15, 0.2) is 78.4 Å². The standard InChI is InChI=1S/C25H21N3O5/c1-2-32-23-12-10-21(11-13-23)27-25(29)20(16-26)15-19-7-3-4-9-24(19)33-17-18-6-5-8-22(14-18)28(30)31/h3-15H,2,17H2,1H3,(H,27,29)/b20-15+. The fourth-order valence-corrected chi connectivity index (χ4v) is 2.96. The van der Waals surface area contributed by atoms with E-state index in [9.17, 15) is 20.2 Å². The molecule has 0 bridgehead atoms. The third-order valence-corrected chi connectivity index (χ3v) is 4.52. The number of non-ortho nitro benzene ring substituents is 1. The van der Waals surface area contributed by atoms with Crippen molar-refractivity contribution in [3.63, 3.8) is 0 Å². The zero-order valence-electron chi connectivity index (χ0n) is 17.9. The molecule has 0 aliphatic heterocycles. The maximum absolute atomic E-state index is 12.6. The molecule has 0 saturated heterocycles. The summed E-state index contributed by atoms with van der Waals surface area (Å²) in [7, 11) is 0. The van der Waals surface area contributed by atoms with Crippen molar-refractivity contribution < 1.29 is 19.2 Å². The largest absolute Gasteiger partial charge is 0.494 e. The van der Waals surface area contributed by atoms with Crippen LogP contribution in [-0.2, 0) is 11.4 Å². The van der Waals surface area contributed by atoms with Crippen molar-refractivity contribution in [3.05, 3.63) is 99.6 Å². The molecule has 0 radical (unpaired) electrons. The Labute approximate surface area is 190 Å². The van der Waals surface area contributed by atoms with Gasteiger partial charge in [-0.3, -0.25) is 14.9 Å². The number of hydrogen-bond acceptors (Lipinski definition) is 6. The van der Waals surface area contributed by atoms with E-state index in [2.05, 4.69) is 5.32 Å². The van der Waals surface area contributed by atoms with Gasteiger partial charge in [0.25, 0.3) is 11.6 Å². The first-order valence-electron chi connectivity index (χ1n) is 10.1. The van der Waals surface area contributed by atoms with Crippen molar-refractivity contribution >= 4 is 23.4 Å². The smallest absolute Gasteiger partial charge is 0.269 e. The van der Waals surface area contributed by atoms with Gasteiger partial charge in [-0.1, -0.05) is 30.3 Å². The molecule has 0 aliphatic carbocycles. The summed E-state index contributed by atoms with van der Waals surface area (Å²) in [4.78, 5) is 23.1. The topological polar surface area (TPSA) is 114 Å². The Morgan fingerprint density at radius 3 is 2.55 bits per heavy atom. The number of anilines is 1. The molecule has 0 aliphatic rings. The first-order chi connectivity index (χ1) is 16.0. The fourth-order valence-electron chi connectivity index (χ4n) is 2.96. The number of benzene rings is 3. The highest BCUT2D eigenvalue weighted by Crippen LogP contribution is 2.24. The highest BCUT2D eigenvalue weighted by molar-refractivity contribution is 6.09. The van der Waals surface area contributed by atoms with E-state index in [0.29, 0.717) is 34.9 Å². The predicted octanol–water partition coefficient (Wildman–Crippen LogP) is 5.12. The van der Waals surface area contributed by atoms with E-state index in [4.69, 9.17) is 9.47 Å². The van der Waals surface area contributed by atoms with Gasteiger partial charge in [0.05, 0.1) is 11.5 Å². The number of nitrogens with zero attached hydrogens (tertiary/aromatic N) is 2. The van der Waals surface area contributed by atoms with Crippen molar-refractivity contribution in [2.24, 2.45) is 0 Å². The van der Waals surface area contributed by atoms with Crippen molar-refractivity contribution in [1.82, 2.24) is 0 Å². The minimum atomic E-state index is -0.560. The number of nitriles is 1. The van der Waals surface area contributed by atoms with E-state index in [1.54, 1.807) is 60.7 Å². The predicted molar refractivity (Wildman–Crippen MR) is 124 cm³/mol. The molecular formula is C25H21N3O5. The molecule has 0 aromatic heterocycles. The third-order valence-electron chi connectivity index (χ3n) is 4.52. The molecule has 3 aromatic carbocycles. The summed E-state index contributed by atoms with van der Waals surface area (Å²) in [6, 6.07) is 21.8. The van der Waals surface area contributed by atoms with Crippen LogP contribution in [0.3, 0.4) is 0 Å². The summed E-state index contributed by atoms with van der Waals surface area (Å²) in [5.74, 6) is 0.558. The monoisotopic (exact) mass is 443 g/mol. The molecule has 3 rings (SSSR count). The Balaban J connectivity index is 1.74. The molecule has 8 heteroatoms. The summed E-state index contributed by atoms with van der Waals surface area (Å²) in [6.07, 6.45) is 1.44. The molecular weight excluding hydrogens is 422 g/mol. The highest BCUT2D eigenvalue weighted by Gasteiger charge is 2.12. The Bertz CT molecular complexity index is 1210. The van der Waals surface area contributed by atoms with Gasteiger partial charge in [-0.15, -0.1) is 0 Å². The second kappa shape index (κ2) is 11.1. The van der Waals surface area contributed by atoms with E-state index in [0.717, 1.165) is 0 Å². The number of amides is 1. The minimum Gasteiger partial charge on any atom is -0.494 e. The van der Waals surface area contributed by atoms with Crippen LogP contribution in [0.1, 0.15) is 18.1 Å². The maximum atomic E-state index is 12.6. The Morgan fingerprint density at radius 2 is 1.85 bits per heavy atom. The quantitative estimate of drug-likeness (QED) is 0.212. The lowest BCUT2D eigenvalue weighted by Gasteiger charge is -2.10. The summed E-state index contributed by atoms with van der Waals surface area (Å²) in [5, 5.41) is 23.2. The van der Waals surface area contributed by atoms with Crippen LogP contribution in [0.5, 0.6) is 11.5 Å². The van der Waals surface area contributed by atoms with Gasteiger partial charge in [-0.05, 0) is 48.9 Å². The van der Waals surface area contributed by atoms with Crippen LogP contribution < -0.4 is 14.8 Å². The lowest BCUT2D eigenvalue weighted by atomic mass is 10.1. The average Bonchev–Trinajstić information content (AvgIpc) is 2.83. The van der Waals surface area contributed by atoms with Gasteiger partial charge in [-0.2, -0.15) is 5.26 Å². The van der Waals surface area contributed by atoms with Crippen molar-refractivity contribution in [2.75, 3.05) is 11.9 Å². The van der Waals surface area contributed by atoms with Gasteiger partial charge in [0.15, 0.2) is 0 Å². The van der Waals surface area contributed by atoms with Gasteiger partial charge in [-0.25, -0.2) is 0 Å². The number of para-hydroxylation sites is 1. The summed E-state index contributed by atoms with van der Waals surface area (Å²) >= 11 is 0. The molecule has 0 saturated carbocycles. The minimum absolute atomic E-state index is 0.0259. The first-order valence-corrected chi connectivity index (χ1v) is 10.1. The molecule has 3 aromatic rings. The molecule has 0 fully saturated rings. The molecule has 0 atom stereocenters. The normalized spacial score (nSPS) is 10.7. The summed E-state index contributed by atoms with van der Waals surface area (Å²) in [6.45, 7) is 2.51. The maximum Gasteiger partial charge on any atom is 0.269 e. The number of rotatable bonds is 9. The molecule has 33 heavy (non-hydrogen) atoms. The molecule has 0 unspecified atom stereocenters. The number of carbonyl (C=O) groups is 1. The van der Waals surface area contributed by atoms with Crippen LogP contribution in [0.2, 0.25) is 0 Å². The molecule has 0 heterocycles. The fraction of sp³-hybridized carbons (Fsp3) is 0.120. The zero-order chi connectivity index (χ0) is 23.6. The van der Waals surface area contributed by atoms with Crippen molar-refractivity contribution in [1.29, 1.82) is 5.26 Å². The Kier molecular flexibility index (Phi) is 7.76. The van der Waals surface area contributed by atoms with E-state index in [1.807, 2.05) is 13.0 Å². The van der Waals surface area contributed by atoms with E-state index >= 15 is 0 Å². The van der Waals surface area contributed by atoms with Gasteiger partial charge in [0.2, 0.25) is 0 Å². The average molecular weight is 443 g/mol. The summed E-state index contributed by atoms with van der Waals surface area (Å²) < 4.78 is 11.2. The zero-order valence-corrected chi connectivity index (χ0v) is 17.9. The number of nitrogens with one attached hydrogen (secondary N) is 1. The Morgan fingerprint density at radius 1 is 1.09 bits per heavy atom. The van der Waals surface area contributed by atoms with Crippen molar-refractivity contribution in [3.8, 4) is 17.6 Å². The molecule has 1 N–H and O–H groups in total. The number of ether oxygens (including phenoxy) is 2. The molecule has 8 nitrogen and oxygen atoms in total. The number of carbonyl (C=O) groups excluding carboxylic acids is 1. The lowest BCUT2D eigenvalue weighted by Crippen LogP contribution is -2.13. The van der Waals surface area contributed by atoms with Gasteiger partial charge in [0, 0.05) is 23.4 Å². The molecule has 0 spiro atoms. The first kappa shape index (κ1) is 23.0.